The number of carbonyl (C=O) groups excluding carboxylic acids is 3. The first-order chi connectivity index (χ1) is 31.0. The van der Waals surface area contributed by atoms with E-state index in [9.17, 15) is 14.4 Å². The van der Waals surface area contributed by atoms with Gasteiger partial charge in [0.05, 0.1) is 0 Å². The van der Waals surface area contributed by atoms with Gasteiger partial charge in [-0.3, -0.25) is 14.4 Å². The van der Waals surface area contributed by atoms with Crippen molar-refractivity contribution in [2.45, 2.75) is 309 Å². The zero-order valence-electron chi connectivity index (χ0n) is 42.4. The Morgan fingerprint density at radius 1 is 0.317 bits per heavy atom. The van der Waals surface area contributed by atoms with Gasteiger partial charge in [0.2, 0.25) is 0 Å². The number of carbonyl (C=O) groups is 3. The van der Waals surface area contributed by atoms with Crippen LogP contribution >= 0.6 is 0 Å². The summed E-state index contributed by atoms with van der Waals surface area (Å²) in [6.07, 6.45) is 60.1. The van der Waals surface area contributed by atoms with E-state index in [2.05, 4.69) is 45.1 Å². The molecule has 0 unspecified atom stereocenters. The van der Waals surface area contributed by atoms with Gasteiger partial charge >= 0.3 is 17.9 Å². The van der Waals surface area contributed by atoms with E-state index in [1.807, 2.05) is 0 Å². The lowest BCUT2D eigenvalue weighted by Gasteiger charge is -2.18. The van der Waals surface area contributed by atoms with Crippen molar-refractivity contribution >= 4 is 17.9 Å². The Morgan fingerprint density at radius 2 is 0.571 bits per heavy atom. The van der Waals surface area contributed by atoms with E-state index in [0.717, 1.165) is 77.0 Å². The average Bonchev–Trinajstić information content (AvgIpc) is 3.28. The van der Waals surface area contributed by atoms with Crippen molar-refractivity contribution < 1.29 is 28.6 Å². The second-order valence-electron chi connectivity index (χ2n) is 18.9. The van der Waals surface area contributed by atoms with Crippen LogP contribution in [-0.2, 0) is 28.6 Å². The number of esters is 3. The minimum absolute atomic E-state index is 0.0717. The van der Waals surface area contributed by atoms with Crippen LogP contribution in [0.2, 0.25) is 0 Å². The van der Waals surface area contributed by atoms with Crippen LogP contribution in [-0.4, -0.2) is 37.2 Å². The molecule has 0 aliphatic heterocycles. The second-order valence-corrected chi connectivity index (χ2v) is 18.9. The van der Waals surface area contributed by atoms with Gasteiger partial charge in [0.1, 0.15) is 13.2 Å². The summed E-state index contributed by atoms with van der Waals surface area (Å²) in [4.78, 5) is 38.1. The van der Waals surface area contributed by atoms with Crippen LogP contribution in [0.4, 0.5) is 0 Å². The molecule has 0 fully saturated rings. The summed E-state index contributed by atoms with van der Waals surface area (Å²) < 4.78 is 16.8. The lowest BCUT2D eigenvalue weighted by Crippen LogP contribution is -2.30. The van der Waals surface area contributed by atoms with Gasteiger partial charge in [-0.1, -0.05) is 257 Å². The van der Waals surface area contributed by atoms with Crippen LogP contribution in [0.3, 0.4) is 0 Å². The van der Waals surface area contributed by atoms with Crippen molar-refractivity contribution in [3.63, 3.8) is 0 Å². The molecule has 0 rings (SSSR count). The molecule has 0 saturated heterocycles. The van der Waals surface area contributed by atoms with Crippen LogP contribution in [0.15, 0.2) is 24.3 Å². The monoisotopic (exact) mass is 887 g/mol. The highest BCUT2D eigenvalue weighted by Crippen LogP contribution is 2.17. The Hall–Kier alpha value is -2.11. The first kappa shape index (κ1) is 60.9. The van der Waals surface area contributed by atoms with Crippen LogP contribution in [0.25, 0.3) is 0 Å². The summed E-state index contributed by atoms with van der Waals surface area (Å²) in [7, 11) is 0. The van der Waals surface area contributed by atoms with Gasteiger partial charge in [-0.2, -0.15) is 0 Å². The Morgan fingerprint density at radius 3 is 0.905 bits per heavy atom. The Bertz CT molecular complexity index is 970. The normalized spacial score (nSPS) is 11.7. The van der Waals surface area contributed by atoms with Gasteiger partial charge in [-0.25, -0.2) is 0 Å². The van der Waals surface area contributed by atoms with Crippen LogP contribution < -0.4 is 0 Å². The predicted octanol–water partition coefficient (Wildman–Crippen LogP) is 18.3. The second kappa shape index (κ2) is 52.5. The molecule has 0 atom stereocenters. The van der Waals surface area contributed by atoms with Crippen LogP contribution in [0.5, 0.6) is 0 Å². The SMILES string of the molecule is CCCCC/C=C\C/C=C\CCCCCCCC(=O)OC(COC(=O)CCCCCCCCCCCCCCCCC)COC(=O)CCCCCCCCCCCCCCCCC. The predicted molar refractivity (Wildman–Crippen MR) is 270 cm³/mol. The summed E-state index contributed by atoms with van der Waals surface area (Å²) in [5.74, 6) is -0.866. The minimum Gasteiger partial charge on any atom is -0.462 e. The molecule has 0 aromatic rings. The van der Waals surface area contributed by atoms with Gasteiger partial charge in [-0.15, -0.1) is 0 Å². The number of allylic oxidation sites excluding steroid dienone is 4. The number of hydrogen-bond donors (Lipinski definition) is 0. The first-order valence-corrected chi connectivity index (χ1v) is 27.8. The molecule has 0 saturated carbocycles. The summed E-state index contributed by atoms with van der Waals surface area (Å²) in [6.45, 7) is 6.65. The van der Waals surface area contributed by atoms with Crippen molar-refractivity contribution in [3.8, 4) is 0 Å². The summed E-state index contributed by atoms with van der Waals surface area (Å²) in [6, 6.07) is 0. The van der Waals surface area contributed by atoms with Gasteiger partial charge in [0, 0.05) is 19.3 Å². The van der Waals surface area contributed by atoms with Crippen LogP contribution in [0.1, 0.15) is 303 Å². The Balaban J connectivity index is 4.35. The molecule has 0 aliphatic carbocycles. The minimum atomic E-state index is -0.773. The van der Waals surface area contributed by atoms with Gasteiger partial charge in [0.15, 0.2) is 6.10 Å². The molecule has 0 spiro atoms. The molecular formula is C57H106O6. The molecule has 63 heavy (non-hydrogen) atoms. The number of ether oxygens (including phenoxy) is 3. The fourth-order valence-electron chi connectivity index (χ4n) is 8.24. The van der Waals surface area contributed by atoms with E-state index >= 15 is 0 Å². The summed E-state index contributed by atoms with van der Waals surface area (Å²) in [5, 5.41) is 0. The molecule has 0 bridgehead atoms. The maximum Gasteiger partial charge on any atom is 0.306 e. The zero-order valence-corrected chi connectivity index (χ0v) is 42.4. The van der Waals surface area contributed by atoms with Gasteiger partial charge in [0.25, 0.3) is 0 Å². The smallest absolute Gasteiger partial charge is 0.306 e. The number of hydrogen-bond acceptors (Lipinski definition) is 6. The number of rotatable bonds is 51. The highest BCUT2D eigenvalue weighted by atomic mass is 16.6. The van der Waals surface area contributed by atoms with Gasteiger partial charge < -0.3 is 14.2 Å². The van der Waals surface area contributed by atoms with E-state index in [1.54, 1.807) is 0 Å². The summed E-state index contributed by atoms with van der Waals surface area (Å²) in [5.41, 5.74) is 0. The van der Waals surface area contributed by atoms with Crippen LogP contribution in [0, 0.1) is 0 Å². The van der Waals surface area contributed by atoms with Crippen molar-refractivity contribution in [1.82, 2.24) is 0 Å². The third-order valence-corrected chi connectivity index (χ3v) is 12.5. The Labute approximate surface area is 392 Å². The standard InChI is InChI=1S/C57H106O6/c1-4-7-10-13-16-19-22-25-28-31-34-37-40-43-46-49-55(58)61-52-54(63-57(60)51-48-45-42-39-36-33-30-27-24-21-18-15-12-9-6-3)53-62-56(59)50-47-44-41-38-35-32-29-26-23-20-17-14-11-8-5-2/h18,21,27,30,54H,4-17,19-20,22-26,28-29,31-53H2,1-3H3/b21-18-,30-27-. The molecule has 0 radical (unpaired) electrons. The largest absolute Gasteiger partial charge is 0.462 e. The topological polar surface area (TPSA) is 78.9 Å². The molecule has 0 aromatic carbocycles. The van der Waals surface area contributed by atoms with Crippen molar-refractivity contribution in [3.05, 3.63) is 24.3 Å². The third kappa shape index (κ3) is 50.7. The van der Waals surface area contributed by atoms with Crippen molar-refractivity contribution in [1.29, 1.82) is 0 Å². The van der Waals surface area contributed by atoms with Crippen molar-refractivity contribution in [2.75, 3.05) is 13.2 Å². The molecular weight excluding hydrogens is 781 g/mol. The molecule has 6 nitrogen and oxygen atoms in total. The van der Waals surface area contributed by atoms with E-state index in [-0.39, 0.29) is 31.1 Å². The fourth-order valence-corrected chi connectivity index (χ4v) is 8.24. The van der Waals surface area contributed by atoms with Crippen molar-refractivity contribution in [2.24, 2.45) is 0 Å². The van der Waals surface area contributed by atoms with E-state index in [0.29, 0.717) is 19.3 Å². The van der Waals surface area contributed by atoms with E-state index in [4.69, 9.17) is 14.2 Å². The third-order valence-electron chi connectivity index (χ3n) is 12.5. The van der Waals surface area contributed by atoms with E-state index in [1.165, 1.54) is 186 Å². The summed E-state index contributed by atoms with van der Waals surface area (Å²) >= 11 is 0. The zero-order chi connectivity index (χ0) is 45.8. The molecule has 0 amide bonds. The highest BCUT2D eigenvalue weighted by Gasteiger charge is 2.19. The molecule has 0 N–H and O–H groups in total. The molecule has 370 valence electrons. The lowest BCUT2D eigenvalue weighted by molar-refractivity contribution is -0.167. The fraction of sp³-hybridized carbons (Fsp3) is 0.877. The molecule has 6 heteroatoms. The average molecular weight is 887 g/mol. The van der Waals surface area contributed by atoms with Gasteiger partial charge in [-0.05, 0) is 51.4 Å². The molecule has 0 aliphatic rings. The first-order valence-electron chi connectivity index (χ1n) is 27.8. The maximum absolute atomic E-state index is 12.8. The number of unbranched alkanes of at least 4 members (excludes halogenated alkanes) is 36. The highest BCUT2D eigenvalue weighted by molar-refractivity contribution is 5.71. The van der Waals surface area contributed by atoms with E-state index < -0.39 is 6.10 Å². The maximum atomic E-state index is 12.8. The Kier molecular flexibility index (Phi) is 50.8. The molecule has 0 heterocycles. The molecule has 0 aromatic heterocycles. The lowest BCUT2D eigenvalue weighted by atomic mass is 10.0. The quantitative estimate of drug-likeness (QED) is 0.0262.